The lowest BCUT2D eigenvalue weighted by Gasteiger charge is -2.08. The zero-order valence-corrected chi connectivity index (χ0v) is 13.7. The lowest BCUT2D eigenvalue weighted by atomic mass is 10.2. The first-order valence-electron chi connectivity index (χ1n) is 8.07. The van der Waals surface area contributed by atoms with Crippen molar-refractivity contribution in [2.45, 2.75) is 18.8 Å². The van der Waals surface area contributed by atoms with E-state index in [0.29, 0.717) is 17.3 Å². The molecule has 7 nitrogen and oxygen atoms in total. The third kappa shape index (κ3) is 3.08. The molecule has 1 aromatic carbocycles. The van der Waals surface area contributed by atoms with Crippen molar-refractivity contribution in [2.24, 2.45) is 0 Å². The maximum atomic E-state index is 12.6. The van der Waals surface area contributed by atoms with Gasteiger partial charge in [0, 0.05) is 24.0 Å². The topological polar surface area (TPSA) is 81.9 Å². The average molecular weight is 335 g/mol. The Labute approximate surface area is 144 Å². The number of amides is 1. The van der Waals surface area contributed by atoms with E-state index in [1.54, 1.807) is 36.3 Å². The van der Waals surface area contributed by atoms with E-state index in [4.69, 9.17) is 4.74 Å². The van der Waals surface area contributed by atoms with Crippen LogP contribution in [0.1, 0.15) is 34.9 Å². The van der Waals surface area contributed by atoms with E-state index in [1.807, 2.05) is 24.3 Å². The molecule has 126 valence electrons. The van der Waals surface area contributed by atoms with Crippen molar-refractivity contribution in [1.29, 1.82) is 0 Å². The lowest BCUT2D eigenvalue weighted by molar-refractivity contribution is 0.102. The van der Waals surface area contributed by atoms with E-state index in [-0.39, 0.29) is 5.91 Å². The second-order valence-electron chi connectivity index (χ2n) is 5.90. The SMILES string of the molecule is COc1ccc(-n2nnc(C(=O)Nc3ccncc3)c2C2CC2)cc1. The number of anilines is 1. The molecule has 0 radical (unpaired) electrons. The van der Waals surface area contributed by atoms with E-state index in [1.165, 1.54) is 0 Å². The zero-order valence-electron chi connectivity index (χ0n) is 13.7. The molecule has 1 aliphatic carbocycles. The molecule has 2 aromatic heterocycles. The Bertz CT molecular complexity index is 886. The van der Waals surface area contributed by atoms with Gasteiger partial charge in [0.2, 0.25) is 0 Å². The van der Waals surface area contributed by atoms with Crippen LogP contribution in [-0.4, -0.2) is 33.0 Å². The van der Waals surface area contributed by atoms with Crippen molar-refractivity contribution in [2.75, 3.05) is 12.4 Å². The number of benzene rings is 1. The molecule has 0 spiro atoms. The van der Waals surface area contributed by atoms with Crippen LogP contribution in [0.5, 0.6) is 5.75 Å². The van der Waals surface area contributed by atoms with Crippen molar-refractivity contribution >= 4 is 11.6 Å². The summed E-state index contributed by atoms with van der Waals surface area (Å²) in [6.07, 6.45) is 5.34. The van der Waals surface area contributed by atoms with Gasteiger partial charge in [0.25, 0.3) is 5.91 Å². The highest BCUT2D eigenvalue weighted by atomic mass is 16.5. The van der Waals surface area contributed by atoms with Crippen LogP contribution in [0.15, 0.2) is 48.8 Å². The van der Waals surface area contributed by atoms with Gasteiger partial charge in [0.1, 0.15) is 5.75 Å². The fourth-order valence-electron chi connectivity index (χ4n) is 2.71. The summed E-state index contributed by atoms with van der Waals surface area (Å²) in [4.78, 5) is 16.6. The van der Waals surface area contributed by atoms with Gasteiger partial charge in [-0.15, -0.1) is 5.10 Å². The minimum absolute atomic E-state index is 0.257. The van der Waals surface area contributed by atoms with Gasteiger partial charge in [-0.3, -0.25) is 9.78 Å². The minimum atomic E-state index is -0.257. The van der Waals surface area contributed by atoms with E-state index >= 15 is 0 Å². The van der Waals surface area contributed by atoms with E-state index < -0.39 is 0 Å². The monoisotopic (exact) mass is 335 g/mol. The Morgan fingerprint density at radius 1 is 1.16 bits per heavy atom. The van der Waals surface area contributed by atoms with E-state index in [9.17, 15) is 4.79 Å². The van der Waals surface area contributed by atoms with Gasteiger partial charge in [-0.2, -0.15) is 0 Å². The molecule has 25 heavy (non-hydrogen) atoms. The van der Waals surface area contributed by atoms with Gasteiger partial charge in [-0.25, -0.2) is 4.68 Å². The quantitative estimate of drug-likeness (QED) is 0.775. The highest BCUT2D eigenvalue weighted by Gasteiger charge is 2.34. The number of ether oxygens (including phenoxy) is 1. The number of rotatable bonds is 5. The fraction of sp³-hybridized carbons (Fsp3) is 0.222. The second kappa shape index (κ2) is 6.35. The van der Waals surface area contributed by atoms with Crippen LogP contribution >= 0.6 is 0 Å². The molecule has 1 fully saturated rings. The summed E-state index contributed by atoms with van der Waals surface area (Å²) in [6.45, 7) is 0. The minimum Gasteiger partial charge on any atom is -0.497 e. The van der Waals surface area contributed by atoms with Gasteiger partial charge in [0.05, 0.1) is 18.5 Å². The molecule has 0 atom stereocenters. The summed E-state index contributed by atoms with van der Waals surface area (Å²) in [6, 6.07) is 11.0. The molecule has 7 heteroatoms. The zero-order chi connectivity index (χ0) is 17.2. The van der Waals surface area contributed by atoms with Crippen LogP contribution in [0.25, 0.3) is 5.69 Å². The van der Waals surface area contributed by atoms with Crippen molar-refractivity contribution < 1.29 is 9.53 Å². The smallest absolute Gasteiger partial charge is 0.278 e. The van der Waals surface area contributed by atoms with Gasteiger partial charge in [-0.05, 0) is 49.2 Å². The molecule has 1 saturated carbocycles. The molecular formula is C18H17N5O2. The summed E-state index contributed by atoms with van der Waals surface area (Å²) in [5, 5.41) is 11.2. The number of aromatic nitrogens is 4. The molecule has 1 amide bonds. The van der Waals surface area contributed by atoms with E-state index in [0.717, 1.165) is 30.0 Å². The normalized spacial score (nSPS) is 13.5. The molecule has 0 saturated heterocycles. The van der Waals surface area contributed by atoms with Crippen LogP contribution in [0.2, 0.25) is 0 Å². The summed E-state index contributed by atoms with van der Waals surface area (Å²) >= 11 is 0. The highest BCUT2D eigenvalue weighted by molar-refractivity contribution is 6.03. The van der Waals surface area contributed by atoms with Gasteiger partial charge >= 0.3 is 0 Å². The summed E-state index contributed by atoms with van der Waals surface area (Å²) in [5.41, 5.74) is 2.77. The predicted molar refractivity (Wildman–Crippen MR) is 92.1 cm³/mol. The predicted octanol–water partition coefficient (Wildman–Crippen LogP) is 2.80. The molecule has 3 aromatic rings. The summed E-state index contributed by atoms with van der Waals surface area (Å²) in [5.74, 6) is 0.829. The second-order valence-corrected chi connectivity index (χ2v) is 5.90. The maximum absolute atomic E-state index is 12.6. The van der Waals surface area contributed by atoms with Crippen molar-refractivity contribution in [1.82, 2.24) is 20.0 Å². The number of nitrogens with zero attached hydrogens (tertiary/aromatic N) is 4. The summed E-state index contributed by atoms with van der Waals surface area (Å²) < 4.78 is 6.94. The third-order valence-corrected chi connectivity index (χ3v) is 4.14. The number of pyridine rings is 1. The molecule has 0 unspecified atom stereocenters. The fourth-order valence-corrected chi connectivity index (χ4v) is 2.71. The Morgan fingerprint density at radius 2 is 1.88 bits per heavy atom. The number of hydrogen-bond acceptors (Lipinski definition) is 5. The van der Waals surface area contributed by atoms with Crippen molar-refractivity contribution in [3.8, 4) is 11.4 Å². The molecular weight excluding hydrogens is 318 g/mol. The highest BCUT2D eigenvalue weighted by Crippen LogP contribution is 2.42. The number of hydrogen-bond donors (Lipinski definition) is 1. The Hall–Kier alpha value is -3.22. The number of carbonyl (C=O) groups is 1. The first-order chi connectivity index (χ1) is 12.3. The van der Waals surface area contributed by atoms with Crippen LogP contribution in [-0.2, 0) is 0 Å². The van der Waals surface area contributed by atoms with Gasteiger partial charge < -0.3 is 10.1 Å². The standard InChI is InChI=1S/C18H17N5O2/c1-25-15-6-4-14(5-7-15)23-17(12-2-3-12)16(21-22-23)18(24)20-13-8-10-19-11-9-13/h4-12H,2-3H2,1H3,(H,19,20,24). The Balaban J connectivity index is 1.67. The van der Waals surface area contributed by atoms with Crippen LogP contribution in [0, 0.1) is 0 Å². The third-order valence-electron chi connectivity index (χ3n) is 4.14. The largest absolute Gasteiger partial charge is 0.497 e. The van der Waals surface area contributed by atoms with Crippen molar-refractivity contribution in [3.05, 3.63) is 60.2 Å². The molecule has 1 N–H and O–H groups in total. The molecule has 2 heterocycles. The van der Waals surface area contributed by atoms with Crippen LogP contribution < -0.4 is 10.1 Å². The first-order valence-corrected chi connectivity index (χ1v) is 8.07. The van der Waals surface area contributed by atoms with Crippen molar-refractivity contribution in [3.63, 3.8) is 0 Å². The number of nitrogens with one attached hydrogen (secondary N) is 1. The Kier molecular flexibility index (Phi) is 3.89. The molecule has 0 bridgehead atoms. The van der Waals surface area contributed by atoms with E-state index in [2.05, 4.69) is 20.6 Å². The Morgan fingerprint density at radius 3 is 2.52 bits per heavy atom. The van der Waals surface area contributed by atoms with Crippen LogP contribution in [0.3, 0.4) is 0 Å². The molecule has 0 aliphatic heterocycles. The lowest BCUT2D eigenvalue weighted by Crippen LogP contribution is -2.15. The van der Waals surface area contributed by atoms with Gasteiger partial charge in [0.15, 0.2) is 5.69 Å². The molecule has 4 rings (SSSR count). The number of carbonyl (C=O) groups excluding carboxylic acids is 1. The first kappa shape index (κ1) is 15.3. The maximum Gasteiger partial charge on any atom is 0.278 e. The van der Waals surface area contributed by atoms with Gasteiger partial charge in [-0.1, -0.05) is 5.21 Å². The summed E-state index contributed by atoms with van der Waals surface area (Å²) in [7, 11) is 1.63. The van der Waals surface area contributed by atoms with Crippen LogP contribution in [0.4, 0.5) is 5.69 Å². The molecule has 1 aliphatic rings. The number of methoxy groups -OCH3 is 1. The average Bonchev–Trinajstić information content (AvgIpc) is 3.40.